The zero-order chi connectivity index (χ0) is 35.4. The molecule has 1 rings (SSSR count). The summed E-state index contributed by atoms with van der Waals surface area (Å²) >= 11 is 0. The first-order valence-corrected chi connectivity index (χ1v) is 12.0. The molecular weight excluding hydrogens is 669 g/mol. The summed E-state index contributed by atoms with van der Waals surface area (Å²) in [4.78, 5) is 34.7. The molecule has 0 fully saturated rings. The summed E-state index contributed by atoms with van der Waals surface area (Å²) < 4.78 is 207. The van der Waals surface area contributed by atoms with Gasteiger partial charge in [-0.3, -0.25) is 14.4 Å². The Morgan fingerprint density at radius 1 is 0.756 bits per heavy atom. The monoisotopic (exact) mass is 690 g/mol. The molecule has 0 aliphatic rings. The quantitative estimate of drug-likeness (QED) is 0.158. The van der Waals surface area contributed by atoms with Crippen LogP contribution in [0.3, 0.4) is 0 Å². The Morgan fingerprint density at radius 3 is 1.67 bits per heavy atom. The fraction of sp³-hybridized carbons (Fsp3) is 0.609. The van der Waals surface area contributed by atoms with Gasteiger partial charge < -0.3 is 20.5 Å². The Labute approximate surface area is 242 Å². The van der Waals surface area contributed by atoms with Crippen molar-refractivity contribution in [1.29, 1.82) is 0 Å². The molecule has 0 saturated carbocycles. The van der Waals surface area contributed by atoms with Gasteiger partial charge in [0.1, 0.15) is 11.8 Å². The molecule has 0 aromatic heterocycles. The predicted molar refractivity (Wildman–Crippen MR) is 119 cm³/mol. The summed E-state index contributed by atoms with van der Waals surface area (Å²) in [6.45, 7) is 0.763. The summed E-state index contributed by atoms with van der Waals surface area (Å²) in [7, 11) is 0. The fourth-order valence-corrected chi connectivity index (χ4v) is 3.24. The molecule has 0 heterocycles. The number of nitrogens with one attached hydrogen (secondary N) is 2. The first-order valence-electron chi connectivity index (χ1n) is 12.0. The van der Waals surface area contributed by atoms with E-state index in [1.807, 2.05) is 5.32 Å². The van der Waals surface area contributed by atoms with Crippen molar-refractivity contribution in [3.05, 3.63) is 29.8 Å². The lowest BCUT2D eigenvalue weighted by molar-refractivity contribution is -0.449. The van der Waals surface area contributed by atoms with Crippen LogP contribution in [-0.2, 0) is 20.8 Å². The van der Waals surface area contributed by atoms with Gasteiger partial charge in [-0.2, -0.15) is 65.9 Å². The number of hydrogen-bond donors (Lipinski definition) is 3. The van der Waals surface area contributed by atoms with Crippen molar-refractivity contribution < 1.29 is 90.1 Å². The third-order valence-electron chi connectivity index (χ3n) is 5.75. The second kappa shape index (κ2) is 13.4. The van der Waals surface area contributed by atoms with Crippen molar-refractivity contribution in [3.8, 4) is 5.75 Å². The third kappa shape index (κ3) is 7.61. The van der Waals surface area contributed by atoms with Crippen LogP contribution < -0.4 is 15.4 Å². The van der Waals surface area contributed by atoms with Gasteiger partial charge in [0.25, 0.3) is 5.91 Å². The topological polar surface area (TPSA) is 105 Å². The smallest absolute Gasteiger partial charge is 0.460 e. The molecular formula is C23H21F15N2O5. The average molecular weight is 690 g/mol. The van der Waals surface area contributed by atoms with E-state index in [4.69, 9.17) is 9.84 Å². The fourth-order valence-electron chi connectivity index (χ4n) is 3.24. The molecule has 0 spiro atoms. The highest BCUT2D eigenvalue weighted by molar-refractivity contribution is 5.91. The van der Waals surface area contributed by atoms with Crippen LogP contribution in [0.5, 0.6) is 5.75 Å². The maximum absolute atomic E-state index is 14.3. The molecule has 7 nitrogen and oxygen atoms in total. The Morgan fingerprint density at radius 2 is 1.22 bits per heavy atom. The maximum atomic E-state index is 14.3. The van der Waals surface area contributed by atoms with E-state index in [0.29, 0.717) is 0 Å². The van der Waals surface area contributed by atoms with Gasteiger partial charge in [0.05, 0.1) is 6.61 Å². The molecule has 1 unspecified atom stereocenters. The lowest BCUT2D eigenvalue weighted by Gasteiger charge is -2.41. The van der Waals surface area contributed by atoms with Gasteiger partial charge in [-0.15, -0.1) is 0 Å². The second-order valence-electron chi connectivity index (χ2n) is 9.06. The van der Waals surface area contributed by atoms with Gasteiger partial charge in [-0.25, -0.2) is 0 Å². The summed E-state index contributed by atoms with van der Waals surface area (Å²) in [5, 5.41) is 11.3. The number of aliphatic carboxylic acids is 1. The van der Waals surface area contributed by atoms with Crippen LogP contribution in [0.1, 0.15) is 25.3 Å². The normalized spacial score (nSPS) is 14.5. The van der Waals surface area contributed by atoms with E-state index in [9.17, 15) is 80.2 Å². The van der Waals surface area contributed by atoms with Crippen LogP contribution in [0.4, 0.5) is 65.9 Å². The standard InChI is InChI=1S/C23H21F15N2O5/c1-2-39-15(43)13(10-11-5-7-12(8-6-11)45-9-3-4-14(41)42)40-16(44)17(24,25)18(26,27)19(28,29)20(30,31)21(32,33)22(34,35)23(36,37)38/h5-8,13H,2-4,9-10H2,1H3,(H,39,43)(H,40,44)(H,41,42). The summed E-state index contributed by atoms with van der Waals surface area (Å²) in [6, 6.07) is 2.04. The molecule has 45 heavy (non-hydrogen) atoms. The van der Waals surface area contributed by atoms with Gasteiger partial charge in [-0.05, 0) is 31.0 Å². The van der Waals surface area contributed by atoms with Crippen molar-refractivity contribution in [2.75, 3.05) is 13.2 Å². The van der Waals surface area contributed by atoms with Gasteiger partial charge in [0.15, 0.2) is 0 Å². The summed E-state index contributed by atoms with van der Waals surface area (Å²) in [5.41, 5.74) is -0.106. The summed E-state index contributed by atoms with van der Waals surface area (Å²) in [5.74, 6) is -55.2. The molecule has 2 amide bonds. The number of hydrogen-bond acceptors (Lipinski definition) is 4. The minimum atomic E-state index is -8.57. The van der Waals surface area contributed by atoms with Crippen LogP contribution in [-0.4, -0.2) is 83.8 Å². The first-order chi connectivity index (χ1) is 20.1. The van der Waals surface area contributed by atoms with Crippen LogP contribution in [0.15, 0.2) is 24.3 Å². The zero-order valence-corrected chi connectivity index (χ0v) is 22.2. The van der Waals surface area contributed by atoms with Crippen molar-refractivity contribution in [2.24, 2.45) is 0 Å². The number of benzene rings is 1. The van der Waals surface area contributed by atoms with Crippen molar-refractivity contribution in [2.45, 2.75) is 73.9 Å². The number of carbonyl (C=O) groups excluding carboxylic acids is 2. The number of likely N-dealkylation sites (N-methyl/N-ethyl adjacent to an activating group) is 1. The Bertz CT molecular complexity index is 1200. The van der Waals surface area contributed by atoms with Crippen LogP contribution in [0.25, 0.3) is 0 Å². The second-order valence-corrected chi connectivity index (χ2v) is 9.06. The van der Waals surface area contributed by atoms with Gasteiger partial charge in [-0.1, -0.05) is 12.1 Å². The predicted octanol–water partition coefficient (Wildman–Crippen LogP) is 5.47. The molecule has 0 bridgehead atoms. The van der Waals surface area contributed by atoms with E-state index in [2.05, 4.69) is 0 Å². The molecule has 1 aromatic rings. The Kier molecular flexibility index (Phi) is 11.7. The molecule has 0 saturated heterocycles. The van der Waals surface area contributed by atoms with Crippen molar-refractivity contribution in [3.63, 3.8) is 0 Å². The minimum absolute atomic E-state index is 0.0641. The van der Waals surface area contributed by atoms with Crippen LogP contribution in [0, 0.1) is 0 Å². The third-order valence-corrected chi connectivity index (χ3v) is 5.75. The van der Waals surface area contributed by atoms with Crippen LogP contribution >= 0.6 is 0 Å². The number of carboxylic acid groups (broad SMARTS) is 1. The summed E-state index contributed by atoms with van der Waals surface area (Å²) in [6.07, 6.45) is -8.90. The van der Waals surface area contributed by atoms with Crippen molar-refractivity contribution in [1.82, 2.24) is 10.6 Å². The first kappa shape index (κ1) is 39.4. The highest BCUT2D eigenvalue weighted by Gasteiger charge is 2.94. The highest BCUT2D eigenvalue weighted by Crippen LogP contribution is 2.62. The van der Waals surface area contributed by atoms with Crippen molar-refractivity contribution >= 4 is 17.8 Å². The Hall–Kier alpha value is -3.62. The lowest BCUT2D eigenvalue weighted by atomic mass is 9.90. The molecule has 1 atom stereocenters. The van der Waals surface area contributed by atoms with E-state index in [-0.39, 0.29) is 37.3 Å². The zero-order valence-electron chi connectivity index (χ0n) is 22.2. The average Bonchev–Trinajstić information content (AvgIpc) is 2.90. The van der Waals surface area contributed by atoms with E-state index >= 15 is 0 Å². The lowest BCUT2D eigenvalue weighted by Crippen LogP contribution is -2.74. The molecule has 3 N–H and O–H groups in total. The van der Waals surface area contributed by atoms with Crippen LogP contribution in [0.2, 0.25) is 0 Å². The molecule has 22 heteroatoms. The number of halogens is 15. The number of alkyl halides is 15. The minimum Gasteiger partial charge on any atom is -0.494 e. The van der Waals surface area contributed by atoms with Gasteiger partial charge in [0.2, 0.25) is 5.91 Å². The highest BCUT2D eigenvalue weighted by atomic mass is 19.4. The molecule has 258 valence electrons. The largest absolute Gasteiger partial charge is 0.494 e. The maximum Gasteiger partial charge on any atom is 0.460 e. The van der Waals surface area contributed by atoms with E-state index in [0.717, 1.165) is 29.6 Å². The Balaban J connectivity index is 3.34. The molecule has 0 radical (unpaired) electrons. The number of carbonyl (C=O) groups is 3. The number of rotatable bonds is 16. The molecule has 0 aliphatic carbocycles. The molecule has 1 aromatic carbocycles. The van der Waals surface area contributed by atoms with Gasteiger partial charge in [0, 0.05) is 19.4 Å². The van der Waals surface area contributed by atoms with E-state index in [1.165, 1.54) is 6.92 Å². The number of ether oxygens (including phenoxy) is 1. The molecule has 0 aliphatic heterocycles. The number of amides is 2. The SMILES string of the molecule is CCNC(=O)C(Cc1ccc(OCCCC(=O)O)cc1)NC(=O)C(F)(F)C(F)(F)C(F)(F)C(F)(F)C(F)(F)C(F)(F)C(F)(F)F. The van der Waals surface area contributed by atoms with Gasteiger partial charge >= 0.3 is 47.7 Å². The van der Waals surface area contributed by atoms with E-state index in [1.54, 1.807) is 0 Å². The number of carboxylic acids is 1. The van der Waals surface area contributed by atoms with E-state index < -0.39 is 72.0 Å².